The van der Waals surface area contributed by atoms with E-state index in [4.69, 9.17) is 0 Å². The predicted molar refractivity (Wildman–Crippen MR) is 68.7 cm³/mol. The van der Waals surface area contributed by atoms with Gasteiger partial charge in [-0.2, -0.15) is 0 Å². The highest BCUT2D eigenvalue weighted by Gasteiger charge is 2.38. The van der Waals surface area contributed by atoms with Crippen LogP contribution in [0.25, 0.3) is 0 Å². The first kappa shape index (κ1) is 11.2. The SMILES string of the molecule is Cc1cccc(CN2CC3CN(C)CC3C2)n1. The minimum absolute atomic E-state index is 0.893. The fourth-order valence-corrected chi connectivity index (χ4v) is 3.37. The Labute approximate surface area is 103 Å². The van der Waals surface area contributed by atoms with Crippen molar-refractivity contribution in [2.75, 3.05) is 33.2 Å². The van der Waals surface area contributed by atoms with E-state index in [0.717, 1.165) is 24.1 Å². The molecule has 3 nitrogen and oxygen atoms in total. The standard InChI is InChI=1S/C14H21N3/c1-11-4-3-5-14(15-11)10-17-8-12-6-16(2)7-13(12)9-17/h3-5,12-13H,6-10H2,1-2H3. The fraction of sp³-hybridized carbons (Fsp3) is 0.643. The molecule has 0 saturated carbocycles. The van der Waals surface area contributed by atoms with E-state index in [-0.39, 0.29) is 0 Å². The van der Waals surface area contributed by atoms with Crippen molar-refractivity contribution in [3.63, 3.8) is 0 Å². The fourth-order valence-electron chi connectivity index (χ4n) is 3.37. The van der Waals surface area contributed by atoms with E-state index >= 15 is 0 Å². The largest absolute Gasteiger partial charge is 0.306 e. The van der Waals surface area contributed by atoms with E-state index in [2.05, 4.69) is 47.0 Å². The van der Waals surface area contributed by atoms with Gasteiger partial charge in [-0.15, -0.1) is 0 Å². The normalized spacial score (nSPS) is 29.8. The van der Waals surface area contributed by atoms with Crippen molar-refractivity contribution in [2.45, 2.75) is 13.5 Å². The second-order valence-electron chi connectivity index (χ2n) is 5.71. The third kappa shape index (κ3) is 2.35. The van der Waals surface area contributed by atoms with Gasteiger partial charge in [0, 0.05) is 38.4 Å². The Hall–Kier alpha value is -0.930. The van der Waals surface area contributed by atoms with Gasteiger partial charge in [-0.25, -0.2) is 0 Å². The summed E-state index contributed by atoms with van der Waals surface area (Å²) in [5, 5.41) is 0. The summed E-state index contributed by atoms with van der Waals surface area (Å²) < 4.78 is 0. The van der Waals surface area contributed by atoms with Gasteiger partial charge in [0.15, 0.2) is 0 Å². The number of aromatic nitrogens is 1. The summed E-state index contributed by atoms with van der Waals surface area (Å²) in [5.41, 5.74) is 2.35. The Morgan fingerprint density at radius 2 is 1.88 bits per heavy atom. The summed E-state index contributed by atoms with van der Waals surface area (Å²) in [6.45, 7) is 8.16. The molecule has 1 aromatic heterocycles. The van der Waals surface area contributed by atoms with Crippen LogP contribution in [0.15, 0.2) is 18.2 Å². The maximum Gasteiger partial charge on any atom is 0.0547 e. The number of fused-ring (bicyclic) bond motifs is 1. The highest BCUT2D eigenvalue weighted by atomic mass is 15.2. The number of hydrogen-bond acceptors (Lipinski definition) is 3. The maximum atomic E-state index is 4.59. The molecule has 1 aromatic rings. The minimum Gasteiger partial charge on any atom is -0.306 e. The molecule has 0 radical (unpaired) electrons. The average Bonchev–Trinajstić information content (AvgIpc) is 2.74. The lowest BCUT2D eigenvalue weighted by Crippen LogP contribution is -2.26. The van der Waals surface area contributed by atoms with Crippen LogP contribution in [0, 0.1) is 18.8 Å². The summed E-state index contributed by atoms with van der Waals surface area (Å²) >= 11 is 0. The zero-order valence-electron chi connectivity index (χ0n) is 10.8. The number of nitrogens with zero attached hydrogens (tertiary/aromatic N) is 3. The molecule has 0 aliphatic carbocycles. The monoisotopic (exact) mass is 231 g/mol. The second kappa shape index (κ2) is 4.39. The van der Waals surface area contributed by atoms with Crippen molar-refractivity contribution in [1.82, 2.24) is 14.8 Å². The van der Waals surface area contributed by atoms with Crippen LogP contribution in [-0.4, -0.2) is 48.0 Å². The Kier molecular flexibility index (Phi) is 2.89. The highest BCUT2D eigenvalue weighted by Crippen LogP contribution is 2.30. The van der Waals surface area contributed by atoms with Crippen molar-refractivity contribution in [3.05, 3.63) is 29.6 Å². The van der Waals surface area contributed by atoms with E-state index in [9.17, 15) is 0 Å². The first-order valence-electron chi connectivity index (χ1n) is 6.54. The lowest BCUT2D eigenvalue weighted by Gasteiger charge is -2.18. The highest BCUT2D eigenvalue weighted by molar-refractivity contribution is 5.10. The molecule has 2 fully saturated rings. The number of hydrogen-bond donors (Lipinski definition) is 0. The van der Waals surface area contributed by atoms with Crippen LogP contribution in [0.4, 0.5) is 0 Å². The molecule has 3 heterocycles. The molecule has 92 valence electrons. The van der Waals surface area contributed by atoms with Crippen LogP contribution in [0.3, 0.4) is 0 Å². The van der Waals surface area contributed by atoms with Crippen molar-refractivity contribution in [1.29, 1.82) is 0 Å². The molecule has 0 N–H and O–H groups in total. The molecule has 0 bridgehead atoms. The summed E-state index contributed by atoms with van der Waals surface area (Å²) in [4.78, 5) is 9.64. The third-order valence-corrected chi connectivity index (χ3v) is 4.08. The van der Waals surface area contributed by atoms with Gasteiger partial charge in [0.2, 0.25) is 0 Å². The van der Waals surface area contributed by atoms with Gasteiger partial charge in [0.25, 0.3) is 0 Å². The summed E-state index contributed by atoms with van der Waals surface area (Å²) in [6, 6.07) is 6.33. The Morgan fingerprint density at radius 1 is 1.18 bits per heavy atom. The molecule has 0 spiro atoms. The smallest absolute Gasteiger partial charge is 0.0547 e. The van der Waals surface area contributed by atoms with Gasteiger partial charge >= 0.3 is 0 Å². The zero-order chi connectivity index (χ0) is 11.8. The van der Waals surface area contributed by atoms with Crippen molar-refractivity contribution in [2.24, 2.45) is 11.8 Å². The summed E-state index contributed by atoms with van der Waals surface area (Å²) in [5.74, 6) is 1.79. The predicted octanol–water partition coefficient (Wildman–Crippen LogP) is 1.38. The molecule has 17 heavy (non-hydrogen) atoms. The lowest BCUT2D eigenvalue weighted by molar-refractivity contribution is 0.269. The molecule has 2 aliphatic heterocycles. The van der Waals surface area contributed by atoms with E-state index in [1.54, 1.807) is 0 Å². The van der Waals surface area contributed by atoms with Crippen LogP contribution in [0.1, 0.15) is 11.4 Å². The average molecular weight is 231 g/mol. The molecular weight excluding hydrogens is 210 g/mol. The van der Waals surface area contributed by atoms with Gasteiger partial charge in [0.1, 0.15) is 0 Å². The molecule has 2 aliphatic rings. The lowest BCUT2D eigenvalue weighted by atomic mass is 10.0. The summed E-state index contributed by atoms with van der Waals surface area (Å²) in [6.07, 6.45) is 0. The first-order valence-corrected chi connectivity index (χ1v) is 6.54. The molecule has 2 atom stereocenters. The zero-order valence-corrected chi connectivity index (χ0v) is 10.8. The maximum absolute atomic E-state index is 4.59. The minimum atomic E-state index is 0.893. The third-order valence-electron chi connectivity index (χ3n) is 4.08. The number of likely N-dealkylation sites (tertiary alicyclic amines) is 2. The van der Waals surface area contributed by atoms with E-state index in [1.807, 2.05) is 0 Å². The van der Waals surface area contributed by atoms with Crippen molar-refractivity contribution >= 4 is 0 Å². The molecule has 2 unspecified atom stereocenters. The quantitative estimate of drug-likeness (QED) is 0.766. The van der Waals surface area contributed by atoms with Crippen molar-refractivity contribution < 1.29 is 0 Å². The van der Waals surface area contributed by atoms with Crippen LogP contribution < -0.4 is 0 Å². The number of pyridine rings is 1. The van der Waals surface area contributed by atoms with Crippen LogP contribution in [0.2, 0.25) is 0 Å². The van der Waals surface area contributed by atoms with Gasteiger partial charge in [-0.3, -0.25) is 9.88 Å². The molecule has 3 rings (SSSR count). The van der Waals surface area contributed by atoms with Gasteiger partial charge in [0.05, 0.1) is 5.69 Å². The van der Waals surface area contributed by atoms with Gasteiger partial charge in [-0.05, 0) is 37.9 Å². The Balaban J connectivity index is 1.62. The molecule has 2 saturated heterocycles. The Bertz CT molecular complexity index is 390. The number of rotatable bonds is 2. The van der Waals surface area contributed by atoms with E-state index < -0.39 is 0 Å². The van der Waals surface area contributed by atoms with E-state index in [0.29, 0.717) is 0 Å². The van der Waals surface area contributed by atoms with Gasteiger partial charge in [-0.1, -0.05) is 6.07 Å². The molecule has 0 aromatic carbocycles. The van der Waals surface area contributed by atoms with E-state index in [1.165, 1.54) is 31.9 Å². The van der Waals surface area contributed by atoms with Crippen LogP contribution in [0.5, 0.6) is 0 Å². The summed E-state index contributed by atoms with van der Waals surface area (Å²) in [7, 11) is 2.24. The van der Waals surface area contributed by atoms with Gasteiger partial charge < -0.3 is 4.90 Å². The topological polar surface area (TPSA) is 19.4 Å². The molecule has 0 amide bonds. The second-order valence-corrected chi connectivity index (χ2v) is 5.71. The molecule has 3 heteroatoms. The molecular formula is C14H21N3. The Morgan fingerprint density at radius 3 is 2.53 bits per heavy atom. The van der Waals surface area contributed by atoms with Crippen LogP contribution in [-0.2, 0) is 6.54 Å². The number of aryl methyl sites for hydroxylation is 1. The first-order chi connectivity index (χ1) is 8.20. The van der Waals surface area contributed by atoms with Crippen LogP contribution >= 0.6 is 0 Å². The van der Waals surface area contributed by atoms with Crippen molar-refractivity contribution in [3.8, 4) is 0 Å².